The first-order valence-corrected chi connectivity index (χ1v) is 7.35. The molecular formula is C17H18N2O3. The summed E-state index contributed by atoms with van der Waals surface area (Å²) in [7, 11) is 0. The number of carbonyl (C=O) groups is 2. The van der Waals surface area contributed by atoms with E-state index < -0.39 is 11.6 Å². The second-order valence-corrected chi connectivity index (χ2v) is 5.71. The van der Waals surface area contributed by atoms with E-state index in [9.17, 15) is 9.59 Å². The summed E-state index contributed by atoms with van der Waals surface area (Å²) >= 11 is 0. The molecule has 1 fully saturated rings. The van der Waals surface area contributed by atoms with Gasteiger partial charge in [-0.1, -0.05) is 30.3 Å². The maximum absolute atomic E-state index is 12.4. The van der Waals surface area contributed by atoms with Crippen LogP contribution in [0.1, 0.15) is 48.8 Å². The van der Waals surface area contributed by atoms with Gasteiger partial charge < -0.3 is 9.30 Å². The first kappa shape index (κ1) is 14.5. The average molecular weight is 298 g/mol. The molecule has 1 aliphatic carbocycles. The van der Waals surface area contributed by atoms with Crippen LogP contribution in [0.5, 0.6) is 0 Å². The van der Waals surface area contributed by atoms with E-state index in [1.807, 2.05) is 37.3 Å². The van der Waals surface area contributed by atoms with Crippen molar-refractivity contribution in [2.75, 3.05) is 0 Å². The van der Waals surface area contributed by atoms with E-state index in [0.717, 1.165) is 5.56 Å². The Morgan fingerprint density at radius 1 is 1.27 bits per heavy atom. The van der Waals surface area contributed by atoms with E-state index in [-0.39, 0.29) is 11.8 Å². The van der Waals surface area contributed by atoms with Gasteiger partial charge in [0.25, 0.3) is 0 Å². The molecule has 1 saturated carbocycles. The van der Waals surface area contributed by atoms with Crippen LogP contribution in [-0.2, 0) is 9.53 Å². The molecule has 0 spiro atoms. The van der Waals surface area contributed by atoms with Crippen LogP contribution in [-0.4, -0.2) is 26.9 Å². The van der Waals surface area contributed by atoms with E-state index >= 15 is 0 Å². The van der Waals surface area contributed by atoms with Crippen molar-refractivity contribution in [1.29, 1.82) is 0 Å². The number of nitrogens with zero attached hydrogens (tertiary/aromatic N) is 2. The fourth-order valence-corrected chi connectivity index (χ4v) is 2.53. The highest BCUT2D eigenvalue weighted by Gasteiger charge is 2.52. The molecule has 1 atom stereocenters. The topological polar surface area (TPSA) is 61.2 Å². The molecule has 1 aromatic heterocycles. The summed E-state index contributed by atoms with van der Waals surface area (Å²) in [5.41, 5.74) is 0.536. The molecule has 0 radical (unpaired) electrons. The van der Waals surface area contributed by atoms with Crippen molar-refractivity contribution in [3.8, 4) is 0 Å². The fourth-order valence-electron chi connectivity index (χ4n) is 2.53. The Balaban J connectivity index is 1.83. The third-order valence-corrected chi connectivity index (χ3v) is 4.21. The second-order valence-electron chi connectivity index (χ2n) is 5.71. The minimum Gasteiger partial charge on any atom is -0.446 e. The molecule has 0 saturated heterocycles. The Hall–Kier alpha value is -2.43. The van der Waals surface area contributed by atoms with Crippen molar-refractivity contribution in [3.63, 3.8) is 0 Å². The first-order chi connectivity index (χ1) is 10.5. The molecule has 114 valence electrons. The number of rotatable bonds is 5. The minimum atomic E-state index is -0.901. The lowest BCUT2D eigenvalue weighted by molar-refractivity contribution is -0.127. The van der Waals surface area contributed by atoms with Crippen LogP contribution < -0.4 is 0 Å². The molecule has 1 heterocycles. The van der Waals surface area contributed by atoms with Crippen LogP contribution >= 0.6 is 0 Å². The van der Waals surface area contributed by atoms with Crippen molar-refractivity contribution in [1.82, 2.24) is 9.55 Å². The Kier molecular flexibility index (Phi) is 3.56. The van der Waals surface area contributed by atoms with Crippen molar-refractivity contribution >= 4 is 11.8 Å². The van der Waals surface area contributed by atoms with E-state index in [1.165, 1.54) is 13.1 Å². The molecule has 0 amide bonds. The molecular weight excluding hydrogens is 280 g/mol. The molecule has 1 aliphatic rings. The number of carbonyl (C=O) groups excluding carboxylic acids is 2. The Morgan fingerprint density at radius 3 is 2.55 bits per heavy atom. The van der Waals surface area contributed by atoms with Gasteiger partial charge >= 0.3 is 5.97 Å². The lowest BCUT2D eigenvalue weighted by atomic mass is 10.1. The Bertz CT molecular complexity index is 702. The highest BCUT2D eigenvalue weighted by molar-refractivity contribution is 5.94. The van der Waals surface area contributed by atoms with Crippen LogP contribution in [0.3, 0.4) is 0 Å². The lowest BCUT2D eigenvalue weighted by Crippen LogP contribution is -2.28. The molecule has 0 aliphatic heterocycles. The van der Waals surface area contributed by atoms with Crippen LogP contribution in [0, 0.1) is 0 Å². The zero-order chi connectivity index (χ0) is 15.7. The first-order valence-electron chi connectivity index (χ1n) is 7.35. The normalized spacial score (nSPS) is 16.8. The Morgan fingerprint density at radius 2 is 1.95 bits per heavy atom. The summed E-state index contributed by atoms with van der Waals surface area (Å²) in [6, 6.07) is 9.81. The van der Waals surface area contributed by atoms with Gasteiger partial charge in [0, 0.05) is 0 Å². The van der Waals surface area contributed by atoms with Crippen molar-refractivity contribution < 1.29 is 14.3 Å². The SMILES string of the molecule is CC(=O)C1(OC(=O)c2cncn2C(C)c2ccccc2)CC1. The molecule has 0 bridgehead atoms. The monoisotopic (exact) mass is 298 g/mol. The quantitative estimate of drug-likeness (QED) is 0.796. The van der Waals surface area contributed by atoms with Crippen LogP contribution in [0.4, 0.5) is 0 Å². The number of hydrogen-bond acceptors (Lipinski definition) is 4. The number of benzene rings is 1. The van der Waals surface area contributed by atoms with E-state index in [4.69, 9.17) is 4.74 Å². The van der Waals surface area contributed by atoms with Gasteiger partial charge in [0.15, 0.2) is 11.4 Å². The minimum absolute atomic E-state index is 0.0428. The van der Waals surface area contributed by atoms with Gasteiger partial charge in [0.05, 0.1) is 18.6 Å². The number of aromatic nitrogens is 2. The second kappa shape index (κ2) is 5.40. The van der Waals surface area contributed by atoms with Crippen molar-refractivity contribution in [2.45, 2.75) is 38.3 Å². The maximum atomic E-state index is 12.4. The number of hydrogen-bond donors (Lipinski definition) is 0. The number of Topliss-reactive ketones (excluding diaryl/α,β-unsaturated/α-hetero) is 1. The fraction of sp³-hybridized carbons (Fsp3) is 0.353. The molecule has 5 nitrogen and oxygen atoms in total. The maximum Gasteiger partial charge on any atom is 0.357 e. The van der Waals surface area contributed by atoms with Gasteiger partial charge in [0.2, 0.25) is 0 Å². The van der Waals surface area contributed by atoms with Gasteiger partial charge in [-0.25, -0.2) is 9.78 Å². The van der Waals surface area contributed by atoms with E-state index in [0.29, 0.717) is 18.5 Å². The van der Waals surface area contributed by atoms with Crippen LogP contribution in [0.15, 0.2) is 42.9 Å². The Labute approximate surface area is 128 Å². The number of ether oxygens (including phenoxy) is 1. The zero-order valence-corrected chi connectivity index (χ0v) is 12.7. The number of ketones is 1. The molecule has 22 heavy (non-hydrogen) atoms. The average Bonchev–Trinajstić information content (AvgIpc) is 3.14. The third-order valence-electron chi connectivity index (χ3n) is 4.21. The smallest absolute Gasteiger partial charge is 0.357 e. The highest BCUT2D eigenvalue weighted by atomic mass is 16.6. The summed E-state index contributed by atoms with van der Waals surface area (Å²) in [5.74, 6) is -0.587. The van der Waals surface area contributed by atoms with Gasteiger partial charge in [-0.15, -0.1) is 0 Å². The third kappa shape index (κ3) is 2.54. The molecule has 0 N–H and O–H groups in total. The largest absolute Gasteiger partial charge is 0.446 e. The standard InChI is InChI=1S/C17H18N2O3/c1-12(14-6-4-3-5-7-14)19-11-18-10-15(19)16(21)22-17(8-9-17)13(2)20/h3-7,10-12H,8-9H2,1-2H3. The van der Waals surface area contributed by atoms with Crippen molar-refractivity contribution in [3.05, 3.63) is 54.1 Å². The summed E-state index contributed by atoms with van der Waals surface area (Å²) in [4.78, 5) is 28.0. The lowest BCUT2D eigenvalue weighted by Gasteiger charge is -2.18. The van der Waals surface area contributed by atoms with Gasteiger partial charge in [-0.3, -0.25) is 4.79 Å². The predicted molar refractivity (Wildman–Crippen MR) is 80.5 cm³/mol. The van der Waals surface area contributed by atoms with Crippen molar-refractivity contribution in [2.24, 2.45) is 0 Å². The summed E-state index contributed by atoms with van der Waals surface area (Å²) < 4.78 is 7.20. The van der Waals surface area contributed by atoms with Crippen LogP contribution in [0.2, 0.25) is 0 Å². The summed E-state index contributed by atoms with van der Waals surface area (Å²) in [6.45, 7) is 3.45. The molecule has 1 unspecified atom stereocenters. The van der Waals surface area contributed by atoms with Gasteiger partial charge in [-0.2, -0.15) is 0 Å². The van der Waals surface area contributed by atoms with E-state index in [2.05, 4.69) is 4.98 Å². The molecule has 3 rings (SSSR count). The summed E-state index contributed by atoms with van der Waals surface area (Å²) in [6.07, 6.45) is 4.31. The number of imidazole rings is 1. The van der Waals surface area contributed by atoms with Gasteiger partial charge in [0.1, 0.15) is 5.69 Å². The number of esters is 1. The predicted octanol–water partition coefficient (Wildman–Crippen LogP) is 2.77. The van der Waals surface area contributed by atoms with E-state index in [1.54, 1.807) is 10.9 Å². The molecule has 2 aromatic rings. The zero-order valence-electron chi connectivity index (χ0n) is 12.7. The highest BCUT2D eigenvalue weighted by Crippen LogP contribution is 2.41. The summed E-state index contributed by atoms with van der Waals surface area (Å²) in [5, 5.41) is 0. The molecule has 1 aromatic carbocycles. The van der Waals surface area contributed by atoms with Crippen LogP contribution in [0.25, 0.3) is 0 Å². The molecule has 5 heteroatoms. The van der Waals surface area contributed by atoms with Gasteiger partial charge in [-0.05, 0) is 32.3 Å².